The smallest absolute Gasteiger partial charge is 0.0636 e. The van der Waals surface area contributed by atoms with E-state index in [9.17, 15) is 0 Å². The number of likely N-dealkylation sites (N-methyl/N-ethyl adjacent to an activating group) is 3. The van der Waals surface area contributed by atoms with E-state index in [2.05, 4.69) is 21.3 Å². The number of rotatable bonds is 17. The van der Waals surface area contributed by atoms with Crippen LogP contribution >= 0.6 is 0 Å². The molecular formula is C30H79N7O8. The lowest BCUT2D eigenvalue weighted by Gasteiger charge is -2.23. The fourth-order valence-corrected chi connectivity index (χ4v) is 2.68. The minimum Gasteiger partial charge on any atom is -0.396 e. The summed E-state index contributed by atoms with van der Waals surface area (Å²) >= 11 is 0. The van der Waals surface area contributed by atoms with Gasteiger partial charge in [-0.2, -0.15) is 0 Å². The number of nitrogens with two attached hydrogens (primary N) is 2. The highest BCUT2D eigenvalue weighted by Crippen LogP contribution is 2.17. The van der Waals surface area contributed by atoms with Gasteiger partial charge >= 0.3 is 0 Å². The van der Waals surface area contributed by atoms with E-state index in [1.54, 1.807) is 14.0 Å². The molecule has 0 saturated heterocycles. The molecule has 45 heavy (non-hydrogen) atoms. The van der Waals surface area contributed by atoms with Crippen molar-refractivity contribution >= 4 is 0 Å². The minimum absolute atomic E-state index is 0.0972. The third-order valence-corrected chi connectivity index (χ3v) is 4.97. The minimum atomic E-state index is -0.208. The second-order valence-corrected chi connectivity index (χ2v) is 10.2. The molecule has 0 heterocycles. The number of nitrogens with zero attached hydrogens (tertiary/aromatic N) is 1. The summed E-state index contributed by atoms with van der Waals surface area (Å²) in [5.41, 5.74) is 9.76. The van der Waals surface area contributed by atoms with Crippen molar-refractivity contribution in [3.05, 3.63) is 0 Å². The van der Waals surface area contributed by atoms with Gasteiger partial charge in [0.15, 0.2) is 0 Å². The van der Waals surface area contributed by atoms with E-state index in [-0.39, 0.29) is 51.8 Å². The Morgan fingerprint density at radius 2 is 1.18 bits per heavy atom. The topological polar surface area (TPSA) is 265 Å². The zero-order valence-corrected chi connectivity index (χ0v) is 29.8. The van der Waals surface area contributed by atoms with Crippen LogP contribution in [0.15, 0.2) is 0 Å². The zero-order chi connectivity index (χ0) is 36.0. The highest BCUT2D eigenvalue weighted by molar-refractivity contribution is 4.72. The summed E-state index contributed by atoms with van der Waals surface area (Å²) < 4.78 is 0. The largest absolute Gasteiger partial charge is 0.396 e. The van der Waals surface area contributed by atoms with Crippen molar-refractivity contribution in [2.45, 2.75) is 77.5 Å². The Hall–Kier alpha value is -0.600. The molecule has 1 aliphatic carbocycles. The summed E-state index contributed by atoms with van der Waals surface area (Å²) in [7, 11) is 5.66. The Morgan fingerprint density at radius 1 is 0.689 bits per heavy atom. The Kier molecular flexibility index (Phi) is 74.2. The van der Waals surface area contributed by atoms with Gasteiger partial charge in [0.1, 0.15) is 0 Å². The first-order chi connectivity index (χ1) is 21.5. The standard InChI is InChI=1S/C9H19NO.C5H13NO.C4H11NO2.C4H11NO.2C3H9NO.C2H7NO/c1-8(11)7-10-9-5-3-2-4-6-9;1-3-6-4-5(2)7;6-3-1-5-2-4-7;1-5(2)3-4-6;1-4-2-3-5;4-2-1-3-5;3-1-2-4/h8-11H,2-7H2,1H3;5-7H,3-4H2,1-2H3;5-7H,1-4H2;6H,3-4H2,1-2H3;4-5H,2-3H2,1H3;5H,1-4H2;4H,1-3H2. The quantitative estimate of drug-likeness (QED) is 0.0683. The number of aliphatic hydroxyl groups is 8. The van der Waals surface area contributed by atoms with E-state index in [1.165, 1.54) is 32.1 Å². The van der Waals surface area contributed by atoms with Crippen molar-refractivity contribution in [3.63, 3.8) is 0 Å². The molecule has 282 valence electrons. The van der Waals surface area contributed by atoms with Gasteiger partial charge in [-0.15, -0.1) is 0 Å². The maximum Gasteiger partial charge on any atom is 0.0636 e. The van der Waals surface area contributed by atoms with E-state index in [4.69, 9.17) is 52.3 Å². The summed E-state index contributed by atoms with van der Waals surface area (Å²) in [5.74, 6) is 0. The van der Waals surface area contributed by atoms with Gasteiger partial charge in [0.2, 0.25) is 0 Å². The zero-order valence-electron chi connectivity index (χ0n) is 29.8. The SMILES string of the molecule is CC(O)CNC1CCCCC1.CCNCC(C)O.CN(C)CCO.CNCCO.NCCCO.NCCO.OCCNCCO. The first-order valence-electron chi connectivity index (χ1n) is 16.3. The summed E-state index contributed by atoms with van der Waals surface area (Å²) in [6, 6.07) is 0.679. The molecule has 16 N–H and O–H groups in total. The van der Waals surface area contributed by atoms with Crippen LogP contribution in [0.2, 0.25) is 0 Å². The fraction of sp³-hybridized carbons (Fsp3) is 1.00. The summed E-state index contributed by atoms with van der Waals surface area (Å²) in [5, 5.41) is 77.8. The van der Waals surface area contributed by atoms with Crippen LogP contribution in [0, 0.1) is 0 Å². The monoisotopic (exact) mass is 666 g/mol. The molecule has 0 radical (unpaired) electrons. The van der Waals surface area contributed by atoms with Crippen molar-refractivity contribution in [3.8, 4) is 0 Å². The van der Waals surface area contributed by atoms with Crippen molar-refractivity contribution < 1.29 is 40.9 Å². The Bertz CT molecular complexity index is 414. The first-order valence-corrected chi connectivity index (χ1v) is 16.3. The molecule has 1 aliphatic rings. The fourth-order valence-electron chi connectivity index (χ4n) is 2.68. The molecule has 0 aromatic heterocycles. The van der Waals surface area contributed by atoms with Crippen LogP contribution in [0.1, 0.15) is 59.3 Å². The molecule has 1 fully saturated rings. The lowest BCUT2D eigenvalue weighted by atomic mass is 9.95. The summed E-state index contributed by atoms with van der Waals surface area (Å²) in [4.78, 5) is 1.93. The maximum absolute atomic E-state index is 9.02. The molecule has 0 amide bonds. The molecule has 15 nitrogen and oxygen atoms in total. The van der Waals surface area contributed by atoms with Crippen LogP contribution in [0.5, 0.6) is 0 Å². The second kappa shape index (κ2) is 58.9. The Labute approximate surface area is 275 Å². The van der Waals surface area contributed by atoms with E-state index < -0.39 is 0 Å². The predicted molar refractivity (Wildman–Crippen MR) is 187 cm³/mol. The molecule has 2 unspecified atom stereocenters. The normalized spacial score (nSPS) is 13.3. The van der Waals surface area contributed by atoms with Crippen LogP contribution in [0.4, 0.5) is 0 Å². The van der Waals surface area contributed by atoms with Gasteiger partial charge in [-0.1, -0.05) is 26.2 Å². The molecule has 0 aromatic carbocycles. The van der Waals surface area contributed by atoms with Crippen LogP contribution in [0.25, 0.3) is 0 Å². The Morgan fingerprint density at radius 3 is 1.38 bits per heavy atom. The molecule has 2 atom stereocenters. The second-order valence-electron chi connectivity index (χ2n) is 10.2. The summed E-state index contributed by atoms with van der Waals surface area (Å²) in [6.07, 6.45) is 7.03. The van der Waals surface area contributed by atoms with Crippen molar-refractivity contribution in [2.75, 3.05) is 120 Å². The van der Waals surface area contributed by atoms with Gasteiger partial charge in [-0.05, 0) is 67.3 Å². The average Bonchev–Trinajstić information content (AvgIpc) is 3.02. The van der Waals surface area contributed by atoms with Crippen LogP contribution in [-0.2, 0) is 0 Å². The molecule has 0 bridgehead atoms. The van der Waals surface area contributed by atoms with Gasteiger partial charge in [-0.3, -0.25) is 0 Å². The van der Waals surface area contributed by atoms with Gasteiger partial charge in [0.05, 0.1) is 45.2 Å². The lowest BCUT2D eigenvalue weighted by molar-refractivity contribution is 0.181. The third-order valence-electron chi connectivity index (χ3n) is 4.97. The number of aliphatic hydroxyl groups excluding tert-OH is 8. The molecule has 1 saturated carbocycles. The van der Waals surface area contributed by atoms with Crippen molar-refractivity contribution in [2.24, 2.45) is 11.5 Å². The molecule has 15 heteroatoms. The number of hydrogen-bond donors (Lipinski definition) is 14. The van der Waals surface area contributed by atoms with E-state index >= 15 is 0 Å². The van der Waals surface area contributed by atoms with Crippen LogP contribution in [0.3, 0.4) is 0 Å². The average molecular weight is 666 g/mol. The number of nitrogens with one attached hydrogen (secondary N) is 4. The summed E-state index contributed by atoms with van der Waals surface area (Å²) in [6.45, 7) is 12.7. The first kappa shape index (κ1) is 56.7. The molecule has 0 spiro atoms. The molecule has 0 aromatic rings. The molecule has 0 aliphatic heterocycles. The van der Waals surface area contributed by atoms with Crippen molar-refractivity contribution in [1.29, 1.82) is 0 Å². The van der Waals surface area contributed by atoms with Gasteiger partial charge in [-0.25, -0.2) is 0 Å². The van der Waals surface area contributed by atoms with Crippen LogP contribution in [-0.4, -0.2) is 184 Å². The van der Waals surface area contributed by atoms with Gasteiger partial charge < -0.3 is 78.5 Å². The highest BCUT2D eigenvalue weighted by atomic mass is 16.3. The van der Waals surface area contributed by atoms with E-state index in [0.29, 0.717) is 45.3 Å². The Balaban J connectivity index is -0.000000101. The highest BCUT2D eigenvalue weighted by Gasteiger charge is 2.12. The van der Waals surface area contributed by atoms with Crippen molar-refractivity contribution in [1.82, 2.24) is 26.2 Å². The third kappa shape index (κ3) is 92.2. The molecular weight excluding hydrogens is 586 g/mol. The lowest BCUT2D eigenvalue weighted by Crippen LogP contribution is -2.35. The van der Waals surface area contributed by atoms with E-state index in [0.717, 1.165) is 26.1 Å². The van der Waals surface area contributed by atoms with Gasteiger partial charge in [0, 0.05) is 58.5 Å². The molecule has 1 rings (SSSR count). The van der Waals surface area contributed by atoms with Gasteiger partial charge in [0.25, 0.3) is 0 Å². The number of hydrogen-bond acceptors (Lipinski definition) is 15. The van der Waals surface area contributed by atoms with E-state index in [1.807, 2.05) is 32.8 Å². The predicted octanol–water partition coefficient (Wildman–Crippen LogP) is -3.17. The maximum atomic E-state index is 9.02. The van der Waals surface area contributed by atoms with Crippen LogP contribution < -0.4 is 32.7 Å².